The number of piperidine rings is 1. The molecule has 5 heterocycles. The number of nitrogens with one attached hydrogen (secondary N) is 2. The normalized spacial score (nSPS) is 17.9. The van der Waals surface area contributed by atoms with Crippen LogP contribution in [0.15, 0.2) is 72.2 Å². The van der Waals surface area contributed by atoms with Crippen molar-refractivity contribution >= 4 is 74.2 Å². The van der Waals surface area contributed by atoms with Crippen LogP contribution in [0.1, 0.15) is 79.0 Å². The van der Waals surface area contributed by atoms with Crippen molar-refractivity contribution in [3.8, 4) is 33.3 Å². The summed E-state index contributed by atoms with van der Waals surface area (Å²) >= 11 is 8.56. The fourth-order valence-corrected chi connectivity index (χ4v) is 12.4. The van der Waals surface area contributed by atoms with Gasteiger partial charge in [-0.05, 0) is 120 Å². The van der Waals surface area contributed by atoms with Crippen molar-refractivity contribution < 1.29 is 57.5 Å². The minimum Gasteiger partial charge on any atom is -0.508 e. The summed E-state index contributed by atoms with van der Waals surface area (Å²) in [6.45, 7) is 19.4. The van der Waals surface area contributed by atoms with Gasteiger partial charge in [-0.15, -0.1) is 11.3 Å². The molecule has 3 aliphatic heterocycles. The molecule has 0 unspecified atom stereocenters. The van der Waals surface area contributed by atoms with E-state index in [1.807, 2.05) is 93.6 Å². The molecule has 3 fully saturated rings. The number of phenolic OH excluding ortho intramolecular Hbond substituents is 1. The topological polar surface area (TPSA) is 231 Å². The number of hydrogen-bond acceptors (Lipinski definition) is 17. The Hall–Kier alpha value is -6.79. The second-order valence-corrected chi connectivity index (χ2v) is 25.5. The third kappa shape index (κ3) is 16.3. The first-order valence-corrected chi connectivity index (χ1v) is 31.1. The first-order chi connectivity index (χ1) is 41.5. The second-order valence-electron chi connectivity index (χ2n) is 24.3. The van der Waals surface area contributed by atoms with Gasteiger partial charge in [-0.3, -0.25) is 19.3 Å². The predicted molar refractivity (Wildman–Crippen MR) is 333 cm³/mol. The molecule has 20 nitrogen and oxygen atoms in total. The lowest BCUT2D eigenvalue weighted by molar-refractivity contribution is -0.147. The SMILES string of the molecule is Cc1ncsc1-c1ccc(CCNC(=O)[C@@H]2C[C@@H](O)CN2C(=O)C(C)(C)[C@H](C)NC(=O)COCCOCCOC2CCN(C[C@@H](C)Oc3nc(N4CCN(C(=O)OC(C)(C)C)CC4)c4cc(Cl)c(-c5cc(O)cc6ccccc56)c(F)c4n3)CC2)cc1. The van der Waals surface area contributed by atoms with Crippen LogP contribution < -0.4 is 20.3 Å². The van der Waals surface area contributed by atoms with Crippen molar-refractivity contribution in [3.05, 3.63) is 94.3 Å². The van der Waals surface area contributed by atoms with Crippen molar-refractivity contribution in [2.75, 3.05) is 96.8 Å². The Morgan fingerprint density at radius 3 is 2.31 bits per heavy atom. The van der Waals surface area contributed by atoms with E-state index < -0.39 is 47.0 Å². The van der Waals surface area contributed by atoms with E-state index >= 15 is 4.39 Å². The fraction of sp³-hybridized carbons (Fsp3) is 0.516. The third-order valence-electron chi connectivity index (χ3n) is 16.3. The average Bonchev–Trinajstić information content (AvgIpc) is 1.36. The number of β-amino-alcohol motifs (C(OH)–C–C–N with tert-alkyl or cyclic N) is 1. The number of rotatable bonds is 23. The second kappa shape index (κ2) is 28.6. The molecule has 4 amide bonds. The molecule has 23 heteroatoms. The molecule has 0 aliphatic carbocycles. The summed E-state index contributed by atoms with van der Waals surface area (Å²) in [5.41, 5.74) is 3.72. The molecule has 0 radical (unpaired) electrons. The van der Waals surface area contributed by atoms with Crippen LogP contribution in [-0.4, -0.2) is 192 Å². The lowest BCUT2D eigenvalue weighted by Crippen LogP contribution is -2.56. The molecular formula is C64H81ClFN9O11S. The van der Waals surface area contributed by atoms with E-state index in [1.54, 1.807) is 49.1 Å². The van der Waals surface area contributed by atoms with Gasteiger partial charge in [0.15, 0.2) is 5.82 Å². The number of carbonyl (C=O) groups is 4. The van der Waals surface area contributed by atoms with Crippen LogP contribution in [0, 0.1) is 18.2 Å². The van der Waals surface area contributed by atoms with Crippen LogP contribution in [0.5, 0.6) is 11.8 Å². The molecule has 468 valence electrons. The predicted octanol–water partition coefficient (Wildman–Crippen LogP) is 8.57. The van der Waals surface area contributed by atoms with Crippen molar-refractivity contribution in [2.45, 2.75) is 117 Å². The number of aromatic hydroxyl groups is 1. The number of aliphatic hydroxyl groups is 1. The van der Waals surface area contributed by atoms with E-state index in [2.05, 4.69) is 25.5 Å². The van der Waals surface area contributed by atoms with Crippen LogP contribution in [-0.2, 0) is 39.8 Å². The van der Waals surface area contributed by atoms with E-state index in [1.165, 1.54) is 11.0 Å². The van der Waals surface area contributed by atoms with Gasteiger partial charge in [-0.1, -0.05) is 60.1 Å². The van der Waals surface area contributed by atoms with Gasteiger partial charge in [0.1, 0.15) is 41.4 Å². The lowest BCUT2D eigenvalue weighted by Gasteiger charge is -2.36. The van der Waals surface area contributed by atoms with Crippen molar-refractivity contribution in [1.29, 1.82) is 0 Å². The van der Waals surface area contributed by atoms with Crippen molar-refractivity contribution in [1.82, 2.24) is 40.3 Å². The molecule has 4 N–H and O–H groups in total. The van der Waals surface area contributed by atoms with E-state index in [0.717, 1.165) is 53.0 Å². The van der Waals surface area contributed by atoms with Gasteiger partial charge in [0, 0.05) is 82.3 Å². The number of fused-ring (bicyclic) bond motifs is 2. The number of piperazine rings is 1. The highest BCUT2D eigenvalue weighted by atomic mass is 35.5. The smallest absolute Gasteiger partial charge is 0.410 e. The zero-order valence-electron chi connectivity index (χ0n) is 50.9. The molecule has 4 aromatic carbocycles. The molecule has 3 aliphatic rings. The van der Waals surface area contributed by atoms with Gasteiger partial charge in [0.2, 0.25) is 17.7 Å². The number of hydrogen-bond donors (Lipinski definition) is 4. The molecular weight excluding hydrogens is 1160 g/mol. The number of aromatic nitrogens is 3. The summed E-state index contributed by atoms with van der Waals surface area (Å²) in [4.78, 5) is 75.7. The number of anilines is 1. The maximum atomic E-state index is 17.2. The Morgan fingerprint density at radius 2 is 1.60 bits per heavy atom. The Labute approximate surface area is 516 Å². The first-order valence-electron chi connectivity index (χ1n) is 29.9. The number of ether oxygens (including phenoxy) is 5. The van der Waals surface area contributed by atoms with E-state index in [-0.39, 0.29) is 84.7 Å². The fourth-order valence-electron chi connectivity index (χ4n) is 11.3. The Balaban J connectivity index is 0.690. The maximum absolute atomic E-state index is 17.2. The maximum Gasteiger partial charge on any atom is 0.410 e. The summed E-state index contributed by atoms with van der Waals surface area (Å²) in [6.07, 6.45) is 0.689. The minimum atomic E-state index is -1.10. The number of nitrogens with zero attached hydrogens (tertiary/aromatic N) is 7. The summed E-state index contributed by atoms with van der Waals surface area (Å²) in [6, 6.07) is 18.8. The van der Waals surface area contributed by atoms with Crippen LogP contribution in [0.2, 0.25) is 5.02 Å². The number of aryl methyl sites for hydroxylation is 1. The summed E-state index contributed by atoms with van der Waals surface area (Å²) in [7, 11) is 0. The molecule has 0 saturated carbocycles. The molecule has 3 saturated heterocycles. The van der Waals surface area contributed by atoms with E-state index in [0.29, 0.717) is 81.1 Å². The van der Waals surface area contributed by atoms with Crippen LogP contribution in [0.3, 0.4) is 0 Å². The largest absolute Gasteiger partial charge is 0.508 e. The highest BCUT2D eigenvalue weighted by Gasteiger charge is 2.46. The van der Waals surface area contributed by atoms with Gasteiger partial charge in [-0.2, -0.15) is 9.97 Å². The quantitative estimate of drug-likeness (QED) is 0.0440. The number of thiazole rings is 1. The molecule has 4 atom stereocenters. The average molecular weight is 1240 g/mol. The van der Waals surface area contributed by atoms with Gasteiger partial charge < -0.3 is 59.2 Å². The summed E-state index contributed by atoms with van der Waals surface area (Å²) in [5, 5.41) is 29.0. The number of phenols is 1. The van der Waals surface area contributed by atoms with E-state index in [4.69, 9.17) is 40.3 Å². The molecule has 9 rings (SSSR count). The van der Waals surface area contributed by atoms with Crippen molar-refractivity contribution in [3.63, 3.8) is 0 Å². The molecule has 2 aromatic heterocycles. The Bertz CT molecular complexity index is 3390. The van der Waals surface area contributed by atoms with Crippen LogP contribution >= 0.6 is 22.9 Å². The molecule has 87 heavy (non-hydrogen) atoms. The van der Waals surface area contributed by atoms with Crippen LogP contribution in [0.25, 0.3) is 43.2 Å². The third-order valence-corrected chi connectivity index (χ3v) is 17.5. The van der Waals surface area contributed by atoms with Gasteiger partial charge in [0.25, 0.3) is 0 Å². The zero-order valence-corrected chi connectivity index (χ0v) is 52.5. The Kier molecular flexibility index (Phi) is 21.2. The van der Waals surface area contributed by atoms with Gasteiger partial charge in [0.05, 0.1) is 65.2 Å². The molecule has 0 spiro atoms. The van der Waals surface area contributed by atoms with Crippen molar-refractivity contribution in [2.24, 2.45) is 5.41 Å². The monoisotopic (exact) mass is 1240 g/mol. The number of halogens is 2. The number of benzene rings is 4. The number of aliphatic hydroxyl groups excluding tert-OH is 1. The highest BCUT2D eigenvalue weighted by molar-refractivity contribution is 7.13. The van der Waals surface area contributed by atoms with Gasteiger partial charge >= 0.3 is 12.1 Å². The summed E-state index contributed by atoms with van der Waals surface area (Å²) < 4.78 is 46.8. The first kappa shape index (κ1) is 64.7. The van der Waals surface area contributed by atoms with E-state index in [9.17, 15) is 29.4 Å². The minimum absolute atomic E-state index is 0.00617. The zero-order chi connectivity index (χ0) is 62.2. The lowest BCUT2D eigenvalue weighted by atomic mass is 9.83. The highest BCUT2D eigenvalue weighted by Crippen LogP contribution is 2.43. The number of carbonyl (C=O) groups excluding carboxylic acids is 4. The number of likely N-dealkylation sites (tertiary alicyclic amines) is 2. The van der Waals surface area contributed by atoms with Gasteiger partial charge in [-0.25, -0.2) is 14.2 Å². The van der Waals surface area contributed by atoms with Crippen LogP contribution in [0.4, 0.5) is 15.0 Å². The molecule has 0 bridgehead atoms. The number of amides is 4. The summed E-state index contributed by atoms with van der Waals surface area (Å²) in [5.74, 6) is -1.37. The Morgan fingerprint density at radius 1 is 0.885 bits per heavy atom. The molecule has 6 aromatic rings. The standard InChI is InChI=1S/C64H81ClFN9O11S/c1-39(85-61-70-56-50(58(71-61)73-23-25-74(26-24-73)62(81)86-63(4,5)6)34-51(65)54(55(56)66)49-32-45(76)31-44-11-9-10-12-48(44)49)35-72-21-18-47(19-22-72)84-30-29-82-27-28-83-37-53(78)69-41(3)64(7,8)60(80)75-36-46(77)33-52(75)59(79)67-20-17-42-13-15-43(16-14-42)57-40(2)68-38-87-57/h9-16,31-32,34,38-39,41,46-47,52,76-77H,17-30,33,35-37H2,1-8H3,(H,67,79)(H,69,78)/t39-,41+,46-,52+/m1/s1.